The third-order valence-electron chi connectivity index (χ3n) is 1.29. The number of amides is 1. The number of anilines is 1. The van der Waals surface area contributed by atoms with E-state index in [1.807, 2.05) is 0 Å². The molecule has 0 bridgehead atoms. The van der Waals surface area contributed by atoms with Crippen molar-refractivity contribution < 1.29 is 9.59 Å². The number of carbonyl (C=O) groups is 2. The van der Waals surface area contributed by atoms with Gasteiger partial charge in [0.05, 0.1) is 18.7 Å². The summed E-state index contributed by atoms with van der Waals surface area (Å²) in [7, 11) is 0. The largest absolute Gasteiger partial charge is 0.375 e. The molecule has 0 radical (unpaired) electrons. The maximum atomic E-state index is 11.0. The Hall–Kier alpha value is -1.43. The van der Waals surface area contributed by atoms with E-state index >= 15 is 0 Å². The van der Waals surface area contributed by atoms with Gasteiger partial charge in [-0.15, -0.1) is 11.3 Å². The van der Waals surface area contributed by atoms with Crippen molar-refractivity contribution >= 4 is 28.7 Å². The van der Waals surface area contributed by atoms with Crippen LogP contribution in [0, 0.1) is 0 Å². The second kappa shape index (κ2) is 4.56. The number of nitrogens with two attached hydrogens (primary N) is 1. The fourth-order valence-corrected chi connectivity index (χ4v) is 1.35. The van der Waals surface area contributed by atoms with Crippen LogP contribution in [0.1, 0.15) is 5.69 Å². The van der Waals surface area contributed by atoms with Crippen LogP contribution in [0.5, 0.6) is 0 Å². The van der Waals surface area contributed by atoms with E-state index in [-0.39, 0.29) is 18.9 Å². The molecule has 13 heavy (non-hydrogen) atoms. The molecule has 70 valence electrons. The highest BCUT2D eigenvalue weighted by atomic mass is 32.1. The molecular weight excluding hydrogens is 190 g/mol. The van der Waals surface area contributed by atoms with E-state index in [0.717, 1.165) is 0 Å². The van der Waals surface area contributed by atoms with Gasteiger partial charge < -0.3 is 15.8 Å². The summed E-state index contributed by atoms with van der Waals surface area (Å²) in [6, 6.07) is 0. The maximum Gasteiger partial charge on any atom is 0.226 e. The van der Waals surface area contributed by atoms with E-state index < -0.39 is 0 Å². The zero-order chi connectivity index (χ0) is 9.68. The lowest BCUT2D eigenvalue weighted by Gasteiger charge is -1.97. The van der Waals surface area contributed by atoms with E-state index in [1.54, 1.807) is 5.38 Å². The number of aldehydes is 1. The number of rotatable bonds is 4. The van der Waals surface area contributed by atoms with E-state index in [1.165, 1.54) is 11.3 Å². The zero-order valence-electron chi connectivity index (χ0n) is 6.82. The second-order valence-electron chi connectivity index (χ2n) is 2.32. The Balaban J connectivity index is 2.40. The summed E-state index contributed by atoms with van der Waals surface area (Å²) in [5.74, 6) is -0.225. The summed E-state index contributed by atoms with van der Waals surface area (Å²) in [5.41, 5.74) is 6.00. The van der Waals surface area contributed by atoms with Crippen molar-refractivity contribution in [3.63, 3.8) is 0 Å². The van der Waals surface area contributed by atoms with Crippen LogP contribution in [0.3, 0.4) is 0 Å². The van der Waals surface area contributed by atoms with Crippen molar-refractivity contribution in [2.24, 2.45) is 0 Å². The third-order valence-corrected chi connectivity index (χ3v) is 2.02. The second-order valence-corrected chi connectivity index (χ2v) is 3.21. The molecule has 0 unspecified atom stereocenters. The molecule has 1 rings (SSSR count). The molecule has 3 N–H and O–H groups in total. The fourth-order valence-electron chi connectivity index (χ4n) is 0.786. The molecule has 0 aliphatic rings. The smallest absolute Gasteiger partial charge is 0.226 e. The van der Waals surface area contributed by atoms with Crippen LogP contribution < -0.4 is 11.1 Å². The fraction of sp³-hybridized carbons (Fsp3) is 0.286. The Kier molecular flexibility index (Phi) is 3.39. The van der Waals surface area contributed by atoms with E-state index in [9.17, 15) is 9.59 Å². The Morgan fingerprint density at radius 1 is 1.77 bits per heavy atom. The Morgan fingerprint density at radius 3 is 3.08 bits per heavy atom. The number of aromatic nitrogens is 1. The standard InChI is InChI=1S/C7H9N3O2S/c8-7-10-5(4-13-7)3-6(12)9-1-2-11/h2,4H,1,3H2,(H2,8,10)(H,9,12). The predicted molar refractivity (Wildman–Crippen MR) is 49.3 cm³/mol. The van der Waals surface area contributed by atoms with Gasteiger partial charge in [-0.1, -0.05) is 0 Å². The number of hydrogen-bond acceptors (Lipinski definition) is 5. The van der Waals surface area contributed by atoms with Gasteiger partial charge in [-0.25, -0.2) is 4.98 Å². The van der Waals surface area contributed by atoms with Crippen molar-refractivity contribution in [1.29, 1.82) is 0 Å². The van der Waals surface area contributed by atoms with Crippen molar-refractivity contribution in [3.05, 3.63) is 11.1 Å². The summed E-state index contributed by atoms with van der Waals surface area (Å²) in [4.78, 5) is 24.9. The van der Waals surface area contributed by atoms with E-state index in [2.05, 4.69) is 10.3 Å². The molecule has 0 aliphatic heterocycles. The van der Waals surface area contributed by atoms with Crippen LogP contribution in [-0.2, 0) is 16.0 Å². The van der Waals surface area contributed by atoms with Gasteiger partial charge in [-0.3, -0.25) is 4.79 Å². The number of thiazole rings is 1. The first-order valence-electron chi connectivity index (χ1n) is 3.62. The van der Waals surface area contributed by atoms with E-state index in [4.69, 9.17) is 5.73 Å². The summed E-state index contributed by atoms with van der Waals surface area (Å²) < 4.78 is 0. The highest BCUT2D eigenvalue weighted by molar-refractivity contribution is 7.13. The summed E-state index contributed by atoms with van der Waals surface area (Å²) in [6.07, 6.45) is 0.800. The summed E-state index contributed by atoms with van der Waals surface area (Å²) >= 11 is 1.29. The van der Waals surface area contributed by atoms with Crippen LogP contribution in [-0.4, -0.2) is 23.7 Å². The molecule has 0 saturated heterocycles. The van der Waals surface area contributed by atoms with Crippen molar-refractivity contribution in [2.45, 2.75) is 6.42 Å². The molecule has 0 atom stereocenters. The predicted octanol–water partition coefficient (Wildman–Crippen LogP) is -0.417. The lowest BCUT2D eigenvalue weighted by atomic mass is 10.3. The molecule has 0 aliphatic carbocycles. The molecule has 5 nitrogen and oxygen atoms in total. The molecule has 1 amide bonds. The van der Waals surface area contributed by atoms with Crippen molar-refractivity contribution in [3.8, 4) is 0 Å². The summed E-state index contributed by atoms with van der Waals surface area (Å²) in [5, 5.41) is 4.57. The number of hydrogen-bond donors (Lipinski definition) is 2. The molecule has 0 aromatic carbocycles. The monoisotopic (exact) mass is 199 g/mol. The minimum Gasteiger partial charge on any atom is -0.375 e. The van der Waals surface area contributed by atoms with Gasteiger partial charge in [-0.05, 0) is 0 Å². The number of nitrogens with zero attached hydrogens (tertiary/aromatic N) is 1. The lowest BCUT2D eigenvalue weighted by molar-refractivity contribution is -0.121. The molecule has 6 heteroatoms. The zero-order valence-corrected chi connectivity index (χ0v) is 7.63. The Bertz CT molecular complexity index is 310. The molecular formula is C7H9N3O2S. The van der Waals surface area contributed by atoms with Crippen molar-refractivity contribution in [2.75, 3.05) is 12.3 Å². The normalized spacial score (nSPS) is 9.54. The molecule has 0 spiro atoms. The van der Waals surface area contributed by atoms with Crippen LogP contribution in [0.4, 0.5) is 5.13 Å². The van der Waals surface area contributed by atoms with Gasteiger partial charge in [0.15, 0.2) is 5.13 Å². The van der Waals surface area contributed by atoms with Crippen LogP contribution in [0.2, 0.25) is 0 Å². The summed E-state index contributed by atoms with van der Waals surface area (Å²) in [6.45, 7) is 0.0401. The SMILES string of the molecule is Nc1nc(CC(=O)NCC=O)cs1. The highest BCUT2D eigenvalue weighted by Crippen LogP contribution is 2.10. The van der Waals surface area contributed by atoms with Crippen LogP contribution in [0.25, 0.3) is 0 Å². The van der Waals surface area contributed by atoms with Gasteiger partial charge in [0.1, 0.15) is 6.29 Å². The van der Waals surface area contributed by atoms with Gasteiger partial charge in [-0.2, -0.15) is 0 Å². The molecule has 0 saturated carbocycles. The number of carbonyl (C=O) groups excluding carboxylic acids is 2. The Morgan fingerprint density at radius 2 is 2.54 bits per heavy atom. The average Bonchev–Trinajstić information content (AvgIpc) is 2.48. The Labute approximate surface area is 79.0 Å². The van der Waals surface area contributed by atoms with Gasteiger partial charge in [0.25, 0.3) is 0 Å². The topological polar surface area (TPSA) is 85.1 Å². The van der Waals surface area contributed by atoms with Gasteiger partial charge in [0, 0.05) is 5.38 Å². The quantitative estimate of drug-likeness (QED) is 0.645. The van der Waals surface area contributed by atoms with Crippen LogP contribution >= 0.6 is 11.3 Å². The maximum absolute atomic E-state index is 11.0. The first kappa shape index (κ1) is 9.66. The molecule has 1 heterocycles. The van der Waals surface area contributed by atoms with Crippen LogP contribution in [0.15, 0.2) is 5.38 Å². The molecule has 0 fully saturated rings. The van der Waals surface area contributed by atoms with E-state index in [0.29, 0.717) is 17.1 Å². The van der Waals surface area contributed by atoms with Gasteiger partial charge in [0.2, 0.25) is 5.91 Å². The third kappa shape index (κ3) is 3.20. The number of nitrogen functional groups attached to an aromatic ring is 1. The highest BCUT2D eigenvalue weighted by Gasteiger charge is 2.05. The molecule has 1 aromatic heterocycles. The first-order chi connectivity index (χ1) is 6.22. The van der Waals surface area contributed by atoms with Gasteiger partial charge >= 0.3 is 0 Å². The minimum atomic E-state index is -0.225. The number of nitrogens with one attached hydrogen (secondary N) is 1. The lowest BCUT2D eigenvalue weighted by Crippen LogP contribution is -2.26. The first-order valence-corrected chi connectivity index (χ1v) is 4.50. The molecule has 1 aromatic rings. The average molecular weight is 199 g/mol. The van der Waals surface area contributed by atoms with Crippen molar-refractivity contribution in [1.82, 2.24) is 10.3 Å². The minimum absolute atomic E-state index is 0.0401.